The molecule has 0 amide bonds. The summed E-state index contributed by atoms with van der Waals surface area (Å²) >= 11 is 0. The maximum atomic E-state index is 6.72. The predicted octanol–water partition coefficient (Wildman–Crippen LogP) is 10.1. The maximum absolute atomic E-state index is 6.72. The molecule has 0 saturated heterocycles. The lowest BCUT2D eigenvalue weighted by Crippen LogP contribution is -2.10. The van der Waals surface area contributed by atoms with Crippen molar-refractivity contribution in [1.29, 1.82) is 0 Å². The summed E-state index contributed by atoms with van der Waals surface area (Å²) in [6.45, 7) is 0. The summed E-state index contributed by atoms with van der Waals surface area (Å²) in [5, 5.41) is 6.70. The van der Waals surface area contributed by atoms with E-state index in [9.17, 15) is 0 Å². The maximum Gasteiger partial charge on any atom is 0.159 e. The van der Waals surface area contributed by atoms with Crippen LogP contribution in [-0.2, 0) is 0 Å². The number of nitrogens with zero attached hydrogens (tertiary/aromatic N) is 1. The number of benzene rings is 6. The third-order valence-electron chi connectivity index (χ3n) is 7.25. The van der Waals surface area contributed by atoms with Gasteiger partial charge >= 0.3 is 0 Å². The topological polar surface area (TPSA) is 29.5 Å². The van der Waals surface area contributed by atoms with Gasteiger partial charge in [-0.05, 0) is 41.8 Å². The molecule has 0 N–H and O–H groups in total. The molecule has 37 heavy (non-hydrogen) atoms. The van der Waals surface area contributed by atoms with E-state index in [1.165, 1.54) is 5.39 Å². The van der Waals surface area contributed by atoms with Gasteiger partial charge in [-0.3, -0.25) is 0 Å². The number of anilines is 3. The molecule has 8 aromatic rings. The van der Waals surface area contributed by atoms with Gasteiger partial charge in [-0.2, -0.15) is 0 Å². The van der Waals surface area contributed by atoms with Gasteiger partial charge in [0.2, 0.25) is 0 Å². The average molecular weight is 476 g/mol. The first-order chi connectivity index (χ1) is 18.4. The molecule has 174 valence electrons. The van der Waals surface area contributed by atoms with Crippen molar-refractivity contribution in [2.45, 2.75) is 0 Å². The fourth-order valence-corrected chi connectivity index (χ4v) is 5.58. The molecule has 0 spiro atoms. The highest BCUT2D eigenvalue weighted by molar-refractivity contribution is 6.18. The van der Waals surface area contributed by atoms with Crippen LogP contribution >= 0.6 is 0 Å². The Morgan fingerprint density at radius 3 is 1.78 bits per heavy atom. The predicted molar refractivity (Wildman–Crippen MR) is 153 cm³/mol. The van der Waals surface area contributed by atoms with Crippen LogP contribution in [0.5, 0.6) is 0 Å². The molecule has 0 fully saturated rings. The molecule has 0 atom stereocenters. The third-order valence-corrected chi connectivity index (χ3v) is 7.25. The van der Waals surface area contributed by atoms with Crippen LogP contribution in [0.15, 0.2) is 136 Å². The number of fused-ring (bicyclic) bond motifs is 8. The van der Waals surface area contributed by atoms with E-state index in [4.69, 9.17) is 8.83 Å². The van der Waals surface area contributed by atoms with E-state index >= 15 is 0 Å². The molecule has 0 unspecified atom stereocenters. The normalized spacial score (nSPS) is 11.8. The van der Waals surface area contributed by atoms with Crippen LogP contribution in [0.2, 0.25) is 0 Å². The Morgan fingerprint density at radius 2 is 0.973 bits per heavy atom. The summed E-state index contributed by atoms with van der Waals surface area (Å²) in [7, 11) is 0. The van der Waals surface area contributed by atoms with Crippen LogP contribution in [-0.4, -0.2) is 0 Å². The van der Waals surface area contributed by atoms with Gasteiger partial charge in [-0.1, -0.05) is 91.0 Å². The van der Waals surface area contributed by atoms with E-state index in [2.05, 4.69) is 114 Å². The highest BCUT2D eigenvalue weighted by atomic mass is 16.3. The molecule has 8 rings (SSSR count). The molecular weight excluding hydrogens is 454 g/mol. The van der Waals surface area contributed by atoms with Crippen molar-refractivity contribution in [3.05, 3.63) is 127 Å². The SMILES string of the molecule is c1ccc(N(c2cccc3c2oc2ccccc23)c2cccc3c2oc2c4ccccc4ccc32)cc1. The van der Waals surface area contributed by atoms with Crippen LogP contribution in [0.25, 0.3) is 54.6 Å². The lowest BCUT2D eigenvalue weighted by molar-refractivity contribution is 0.667. The van der Waals surface area contributed by atoms with E-state index < -0.39 is 0 Å². The van der Waals surface area contributed by atoms with Gasteiger partial charge in [0.05, 0.1) is 11.4 Å². The van der Waals surface area contributed by atoms with Gasteiger partial charge in [-0.15, -0.1) is 0 Å². The minimum atomic E-state index is 0.853. The Kier molecular flexibility index (Phi) is 4.23. The number of hydrogen-bond acceptors (Lipinski definition) is 3. The molecular formula is C34H21NO2. The molecule has 0 bridgehead atoms. The van der Waals surface area contributed by atoms with Gasteiger partial charge < -0.3 is 13.7 Å². The van der Waals surface area contributed by atoms with Crippen molar-refractivity contribution in [3.8, 4) is 0 Å². The van der Waals surface area contributed by atoms with Crippen LogP contribution < -0.4 is 4.90 Å². The van der Waals surface area contributed by atoms with Crippen LogP contribution in [0, 0.1) is 0 Å². The van der Waals surface area contributed by atoms with E-state index in [0.717, 1.165) is 66.3 Å². The highest BCUT2D eigenvalue weighted by Crippen LogP contribution is 2.46. The molecule has 2 heterocycles. The second-order valence-electron chi connectivity index (χ2n) is 9.34. The molecule has 2 aromatic heterocycles. The molecule has 6 aromatic carbocycles. The molecule has 0 aliphatic carbocycles. The van der Waals surface area contributed by atoms with Crippen LogP contribution in [0.4, 0.5) is 17.1 Å². The minimum Gasteiger partial charge on any atom is -0.454 e. The largest absolute Gasteiger partial charge is 0.454 e. The third kappa shape index (κ3) is 2.95. The molecule has 3 nitrogen and oxygen atoms in total. The fraction of sp³-hybridized carbons (Fsp3) is 0. The number of rotatable bonds is 3. The van der Waals surface area contributed by atoms with E-state index in [-0.39, 0.29) is 0 Å². The monoisotopic (exact) mass is 475 g/mol. The van der Waals surface area contributed by atoms with Crippen molar-refractivity contribution in [2.24, 2.45) is 0 Å². The van der Waals surface area contributed by atoms with E-state index in [0.29, 0.717) is 0 Å². The Hall–Kier alpha value is -5.02. The van der Waals surface area contributed by atoms with Gasteiger partial charge in [-0.25, -0.2) is 0 Å². The Balaban J connectivity index is 1.47. The second-order valence-corrected chi connectivity index (χ2v) is 9.34. The van der Waals surface area contributed by atoms with E-state index in [1.807, 2.05) is 18.2 Å². The van der Waals surface area contributed by atoms with Gasteiger partial charge in [0, 0.05) is 32.6 Å². The van der Waals surface area contributed by atoms with Gasteiger partial charge in [0.15, 0.2) is 11.2 Å². The van der Waals surface area contributed by atoms with Gasteiger partial charge in [0.25, 0.3) is 0 Å². The summed E-state index contributed by atoms with van der Waals surface area (Å²) in [4.78, 5) is 2.25. The summed E-state index contributed by atoms with van der Waals surface area (Å²) < 4.78 is 13.2. The summed E-state index contributed by atoms with van der Waals surface area (Å²) in [6, 6.07) is 44.1. The lowest BCUT2D eigenvalue weighted by atomic mass is 10.1. The summed E-state index contributed by atoms with van der Waals surface area (Å²) in [5.41, 5.74) is 6.47. The van der Waals surface area contributed by atoms with E-state index in [1.54, 1.807) is 0 Å². The Bertz CT molecular complexity index is 2100. The molecule has 0 aliphatic heterocycles. The number of furan rings is 2. The van der Waals surface area contributed by atoms with Crippen molar-refractivity contribution < 1.29 is 8.83 Å². The smallest absolute Gasteiger partial charge is 0.159 e. The Morgan fingerprint density at radius 1 is 0.378 bits per heavy atom. The second kappa shape index (κ2) is 7.74. The van der Waals surface area contributed by atoms with Crippen molar-refractivity contribution in [2.75, 3.05) is 4.90 Å². The standard InChI is InChI=1S/C34H21NO2/c1-2-11-23(12-3-1)35(29-17-8-15-26-25-14-6-7-19-31(25)36-33(26)29)30-18-9-16-27-28-21-20-22-10-4-5-13-24(22)32(28)37-34(27)30/h1-21H. The van der Waals surface area contributed by atoms with Crippen LogP contribution in [0.3, 0.4) is 0 Å². The zero-order valence-corrected chi connectivity index (χ0v) is 19.9. The van der Waals surface area contributed by atoms with Crippen molar-refractivity contribution >= 4 is 71.7 Å². The first-order valence-corrected chi connectivity index (χ1v) is 12.5. The minimum absolute atomic E-state index is 0.853. The quantitative estimate of drug-likeness (QED) is 0.255. The first-order valence-electron chi connectivity index (χ1n) is 12.5. The van der Waals surface area contributed by atoms with Crippen molar-refractivity contribution in [1.82, 2.24) is 0 Å². The summed E-state index contributed by atoms with van der Waals surface area (Å²) in [5.74, 6) is 0. The zero-order valence-electron chi connectivity index (χ0n) is 19.9. The number of para-hydroxylation sites is 4. The average Bonchev–Trinajstić information content (AvgIpc) is 3.54. The zero-order chi connectivity index (χ0) is 24.3. The first kappa shape index (κ1) is 20.2. The van der Waals surface area contributed by atoms with Crippen molar-refractivity contribution in [3.63, 3.8) is 0 Å². The fourth-order valence-electron chi connectivity index (χ4n) is 5.58. The summed E-state index contributed by atoms with van der Waals surface area (Å²) in [6.07, 6.45) is 0. The Labute approximate surface area is 212 Å². The molecule has 0 radical (unpaired) electrons. The number of hydrogen-bond donors (Lipinski definition) is 0. The molecule has 0 saturated carbocycles. The van der Waals surface area contributed by atoms with Gasteiger partial charge in [0.1, 0.15) is 11.2 Å². The highest BCUT2D eigenvalue weighted by Gasteiger charge is 2.23. The van der Waals surface area contributed by atoms with Crippen LogP contribution in [0.1, 0.15) is 0 Å². The molecule has 3 heteroatoms. The molecule has 0 aliphatic rings. The lowest BCUT2D eigenvalue weighted by Gasteiger charge is -2.25.